The Morgan fingerprint density at radius 1 is 0.636 bits per heavy atom. The number of fused-ring (bicyclic) bond motifs is 3. The van der Waals surface area contributed by atoms with Gasteiger partial charge in [0.2, 0.25) is 0 Å². The topological polar surface area (TPSA) is 112 Å². The first kappa shape index (κ1) is 40.5. The summed E-state index contributed by atoms with van der Waals surface area (Å²) in [6.45, 7) is 13.1. The van der Waals surface area contributed by atoms with Crippen LogP contribution in [0.15, 0.2) is 77.3 Å². The number of carboxylic acids is 2. The van der Waals surface area contributed by atoms with E-state index in [1.54, 1.807) is 24.3 Å². The number of aromatic carboxylic acids is 2. The first-order valence-corrected chi connectivity index (χ1v) is 20.4. The van der Waals surface area contributed by atoms with E-state index in [0.717, 1.165) is 83.6 Å². The Balaban J connectivity index is 1.59. The van der Waals surface area contributed by atoms with E-state index in [9.17, 15) is 19.8 Å². The van der Waals surface area contributed by atoms with Gasteiger partial charge < -0.3 is 29.0 Å². The zero-order valence-corrected chi connectivity index (χ0v) is 34.4. The Hall–Kier alpha value is -4.12. The van der Waals surface area contributed by atoms with Crippen molar-refractivity contribution in [3.63, 3.8) is 0 Å². The van der Waals surface area contributed by atoms with Gasteiger partial charge in [-0.1, -0.05) is 105 Å². The molecule has 1 aliphatic heterocycles. The highest BCUT2D eigenvalue weighted by Crippen LogP contribution is 2.57. The van der Waals surface area contributed by atoms with Gasteiger partial charge in [0, 0.05) is 4.47 Å². The number of carbonyl (C=O) groups is 2. The number of unbranched alkanes of at least 4 members (excludes halogenated alkanes) is 6. The van der Waals surface area contributed by atoms with E-state index < -0.39 is 35.7 Å². The standard InChI is InChI=1S/C45H52BBrO8/c1-7-9-11-13-23-52-39-21-15-29(25-35(39)41(48)49)45(30-16-22-40(36(26-30)42(50)51)53-24-14-12-10-8-2)37-27-31(46-54-43(3,4)44(5,6)55-46)17-19-33(37)34-20-18-32(47)28-38(34)45/h15-22,25-28H,7-14,23-24H2,1-6H3,(H,48,49)(H,50,51). The first-order valence-electron chi connectivity index (χ1n) is 19.6. The highest BCUT2D eigenvalue weighted by Gasteiger charge is 2.53. The minimum Gasteiger partial charge on any atom is -0.493 e. The van der Waals surface area contributed by atoms with E-state index in [4.69, 9.17) is 18.8 Å². The van der Waals surface area contributed by atoms with Gasteiger partial charge in [-0.05, 0) is 116 Å². The van der Waals surface area contributed by atoms with Gasteiger partial charge in [-0.2, -0.15) is 0 Å². The van der Waals surface area contributed by atoms with Crippen LogP contribution in [-0.4, -0.2) is 53.7 Å². The van der Waals surface area contributed by atoms with Crippen LogP contribution in [0.1, 0.15) is 136 Å². The molecule has 290 valence electrons. The fourth-order valence-electron chi connectivity index (χ4n) is 7.76. The second-order valence-corrected chi connectivity index (χ2v) is 16.6. The van der Waals surface area contributed by atoms with E-state index in [1.807, 2.05) is 64.1 Å². The largest absolute Gasteiger partial charge is 0.494 e. The number of hydrogen-bond acceptors (Lipinski definition) is 6. The highest BCUT2D eigenvalue weighted by molar-refractivity contribution is 9.10. The number of benzene rings is 4. The fourth-order valence-corrected chi connectivity index (χ4v) is 8.12. The van der Waals surface area contributed by atoms with Gasteiger partial charge in [-0.15, -0.1) is 0 Å². The van der Waals surface area contributed by atoms with Crippen LogP contribution in [0, 0.1) is 0 Å². The molecule has 4 aromatic carbocycles. The molecular formula is C45H52BBrO8. The van der Waals surface area contributed by atoms with Crippen LogP contribution in [0.2, 0.25) is 0 Å². The van der Waals surface area contributed by atoms with Gasteiger partial charge in [0.1, 0.15) is 22.6 Å². The van der Waals surface area contributed by atoms with Crippen molar-refractivity contribution in [2.24, 2.45) is 0 Å². The fraction of sp³-hybridized carbons (Fsp3) is 0.422. The average molecular weight is 812 g/mol. The Morgan fingerprint density at radius 2 is 1.11 bits per heavy atom. The Bertz CT molecular complexity index is 1970. The normalized spacial score (nSPS) is 16.1. The summed E-state index contributed by atoms with van der Waals surface area (Å²) >= 11 is 3.72. The Labute approximate surface area is 333 Å². The second-order valence-electron chi connectivity index (χ2n) is 15.7. The Morgan fingerprint density at radius 3 is 1.58 bits per heavy atom. The molecule has 0 radical (unpaired) electrons. The maximum Gasteiger partial charge on any atom is 0.494 e. The maximum atomic E-state index is 13.0. The molecule has 0 saturated carbocycles. The lowest BCUT2D eigenvalue weighted by Crippen LogP contribution is -2.41. The summed E-state index contributed by atoms with van der Waals surface area (Å²) < 4.78 is 26.1. The molecule has 0 spiro atoms. The van der Waals surface area contributed by atoms with Crippen molar-refractivity contribution in [1.29, 1.82) is 0 Å². The smallest absolute Gasteiger partial charge is 0.493 e. The van der Waals surface area contributed by atoms with Crippen molar-refractivity contribution < 1.29 is 38.6 Å². The average Bonchev–Trinajstić information content (AvgIpc) is 3.56. The number of halogens is 1. The molecule has 1 heterocycles. The molecule has 0 atom stereocenters. The molecule has 8 nitrogen and oxygen atoms in total. The number of ether oxygens (including phenoxy) is 2. The monoisotopic (exact) mass is 810 g/mol. The molecule has 1 fully saturated rings. The van der Waals surface area contributed by atoms with Gasteiger partial charge >= 0.3 is 19.1 Å². The molecule has 1 aliphatic carbocycles. The van der Waals surface area contributed by atoms with Crippen molar-refractivity contribution in [3.05, 3.63) is 111 Å². The van der Waals surface area contributed by atoms with Crippen molar-refractivity contribution in [3.8, 4) is 22.6 Å². The SMILES string of the molecule is CCCCCCOc1ccc(C2(c3ccc(OCCCCCC)c(C(=O)O)c3)c3cc(Br)ccc3-c3ccc(B4OC(C)(C)C(C)(C)O4)cc32)cc1C(=O)O. The summed E-state index contributed by atoms with van der Waals surface area (Å²) in [5.74, 6) is -1.64. The molecule has 10 heteroatoms. The van der Waals surface area contributed by atoms with E-state index >= 15 is 0 Å². The van der Waals surface area contributed by atoms with Crippen molar-refractivity contribution in [2.45, 2.75) is 110 Å². The lowest BCUT2D eigenvalue weighted by molar-refractivity contribution is 0.00578. The van der Waals surface area contributed by atoms with Crippen LogP contribution in [0.25, 0.3) is 11.1 Å². The third-order valence-electron chi connectivity index (χ3n) is 11.4. The molecule has 0 amide bonds. The molecule has 2 N–H and O–H groups in total. The van der Waals surface area contributed by atoms with Crippen molar-refractivity contribution in [1.82, 2.24) is 0 Å². The predicted molar refractivity (Wildman–Crippen MR) is 220 cm³/mol. The third kappa shape index (κ3) is 7.83. The first-order chi connectivity index (χ1) is 26.2. The molecular weight excluding hydrogens is 759 g/mol. The number of rotatable bonds is 17. The zero-order chi connectivity index (χ0) is 39.5. The van der Waals surface area contributed by atoms with Crippen molar-refractivity contribution in [2.75, 3.05) is 13.2 Å². The van der Waals surface area contributed by atoms with Gasteiger partial charge in [0.05, 0.1) is 29.8 Å². The van der Waals surface area contributed by atoms with Gasteiger partial charge in [-0.25, -0.2) is 9.59 Å². The molecule has 0 aromatic heterocycles. The number of carboxylic acid groups (broad SMARTS) is 2. The van der Waals surface area contributed by atoms with Crippen LogP contribution in [0.5, 0.6) is 11.5 Å². The van der Waals surface area contributed by atoms with Crippen LogP contribution >= 0.6 is 15.9 Å². The molecule has 1 saturated heterocycles. The van der Waals surface area contributed by atoms with Crippen LogP contribution < -0.4 is 14.9 Å². The van der Waals surface area contributed by atoms with Crippen LogP contribution in [0.4, 0.5) is 0 Å². The molecule has 0 bridgehead atoms. The predicted octanol–water partition coefficient (Wildman–Crippen LogP) is 10.4. The van der Waals surface area contributed by atoms with E-state index in [2.05, 4.69) is 41.9 Å². The minimum atomic E-state index is -1.16. The Kier molecular flexibility index (Phi) is 12.2. The quantitative estimate of drug-likeness (QED) is 0.0705. The highest BCUT2D eigenvalue weighted by atomic mass is 79.9. The van der Waals surface area contributed by atoms with E-state index in [0.29, 0.717) is 35.8 Å². The second kappa shape index (κ2) is 16.5. The van der Waals surface area contributed by atoms with Gasteiger partial charge in [0.15, 0.2) is 0 Å². The molecule has 55 heavy (non-hydrogen) atoms. The van der Waals surface area contributed by atoms with Gasteiger partial charge in [0.25, 0.3) is 0 Å². The maximum absolute atomic E-state index is 13.0. The van der Waals surface area contributed by atoms with Crippen molar-refractivity contribution >= 4 is 40.4 Å². The van der Waals surface area contributed by atoms with Gasteiger partial charge in [-0.3, -0.25) is 0 Å². The molecule has 0 unspecified atom stereocenters. The zero-order valence-electron chi connectivity index (χ0n) is 32.8. The summed E-state index contributed by atoms with van der Waals surface area (Å²) in [6, 6.07) is 22.9. The molecule has 4 aromatic rings. The summed E-state index contributed by atoms with van der Waals surface area (Å²) in [5, 5.41) is 21.2. The summed E-state index contributed by atoms with van der Waals surface area (Å²) in [7, 11) is -0.667. The summed E-state index contributed by atoms with van der Waals surface area (Å²) in [4.78, 5) is 26.0. The minimum absolute atomic E-state index is 0.0324. The van der Waals surface area contributed by atoms with E-state index in [1.165, 1.54) is 0 Å². The molecule has 2 aliphatic rings. The lowest BCUT2D eigenvalue weighted by atomic mass is 9.65. The number of hydrogen-bond donors (Lipinski definition) is 2. The molecule has 6 rings (SSSR count). The van der Waals surface area contributed by atoms with Crippen LogP contribution in [-0.2, 0) is 14.7 Å². The van der Waals surface area contributed by atoms with Crippen LogP contribution in [0.3, 0.4) is 0 Å². The summed E-state index contributed by atoms with van der Waals surface area (Å²) in [6.07, 6.45) is 7.97. The lowest BCUT2D eigenvalue weighted by Gasteiger charge is -2.35. The van der Waals surface area contributed by atoms with E-state index in [-0.39, 0.29) is 11.1 Å². The summed E-state index contributed by atoms with van der Waals surface area (Å²) in [5.41, 5.74) is 3.44. The third-order valence-corrected chi connectivity index (χ3v) is 11.9.